The van der Waals surface area contributed by atoms with E-state index in [2.05, 4.69) is 36.3 Å². The maximum Gasteiger partial charge on any atom is 0.0145 e. The van der Waals surface area contributed by atoms with Crippen LogP contribution in [0.4, 0.5) is 0 Å². The number of terminal acetylenes is 1. The Balaban J connectivity index is 2.26. The van der Waals surface area contributed by atoms with Crippen LogP contribution in [0.25, 0.3) is 0 Å². The van der Waals surface area contributed by atoms with E-state index in [4.69, 9.17) is 12.2 Å². The highest BCUT2D eigenvalue weighted by Gasteiger charge is 2.38. The molecule has 0 spiro atoms. The molecule has 1 aromatic rings. The Labute approximate surface area is 111 Å². The molecule has 1 heteroatoms. The molecule has 96 valence electrons. The van der Waals surface area contributed by atoms with Gasteiger partial charge in [0.1, 0.15) is 0 Å². The molecule has 1 aliphatic rings. The normalized spacial score (nSPS) is 20.0. The minimum absolute atomic E-state index is 0.163. The van der Waals surface area contributed by atoms with Crippen molar-refractivity contribution in [2.24, 2.45) is 5.73 Å². The molecule has 2 rings (SSSR count). The van der Waals surface area contributed by atoms with Crippen LogP contribution in [-0.2, 0) is 5.41 Å². The maximum atomic E-state index is 6.51. The number of hydrogen-bond donors (Lipinski definition) is 1. The highest BCUT2D eigenvalue weighted by Crippen LogP contribution is 2.42. The molecule has 0 aliphatic heterocycles. The lowest BCUT2D eigenvalue weighted by Gasteiger charge is -2.42. The van der Waals surface area contributed by atoms with E-state index in [0.717, 1.165) is 12.8 Å². The zero-order chi connectivity index (χ0) is 12.8. The Morgan fingerprint density at radius 3 is 2.44 bits per heavy atom. The highest BCUT2D eigenvalue weighted by atomic mass is 14.7. The molecule has 1 saturated carbocycles. The number of nitrogens with two attached hydrogens (primary N) is 1. The molecule has 1 nitrogen and oxygen atoms in total. The smallest absolute Gasteiger partial charge is 0.0145 e. The summed E-state index contributed by atoms with van der Waals surface area (Å²) in [7, 11) is 0. The Kier molecular flexibility index (Phi) is 4.44. The van der Waals surface area contributed by atoms with Gasteiger partial charge < -0.3 is 5.73 Å². The van der Waals surface area contributed by atoms with Gasteiger partial charge in [-0.05, 0) is 24.8 Å². The van der Waals surface area contributed by atoms with Gasteiger partial charge in [-0.25, -0.2) is 0 Å². The van der Waals surface area contributed by atoms with Crippen LogP contribution in [0.15, 0.2) is 30.3 Å². The molecule has 1 aromatic carbocycles. The van der Waals surface area contributed by atoms with E-state index in [1.807, 2.05) is 0 Å². The van der Waals surface area contributed by atoms with Crippen molar-refractivity contribution in [1.29, 1.82) is 0 Å². The maximum absolute atomic E-state index is 6.51. The summed E-state index contributed by atoms with van der Waals surface area (Å²) in [5.74, 6) is 2.73. The number of benzene rings is 1. The fourth-order valence-corrected chi connectivity index (χ4v) is 3.34. The SMILES string of the molecule is C#CCCC(N)C1(c2ccccc2)CCCCC1. The third-order valence-electron chi connectivity index (χ3n) is 4.40. The van der Waals surface area contributed by atoms with E-state index in [0.29, 0.717) is 0 Å². The van der Waals surface area contributed by atoms with Crippen LogP contribution in [0, 0.1) is 12.3 Å². The van der Waals surface area contributed by atoms with E-state index in [-0.39, 0.29) is 11.5 Å². The average Bonchev–Trinajstić information content (AvgIpc) is 2.46. The average molecular weight is 241 g/mol. The van der Waals surface area contributed by atoms with Crippen molar-refractivity contribution < 1.29 is 0 Å². The van der Waals surface area contributed by atoms with Gasteiger partial charge in [0.25, 0.3) is 0 Å². The predicted molar refractivity (Wildman–Crippen MR) is 77.2 cm³/mol. The second-order valence-corrected chi connectivity index (χ2v) is 5.43. The van der Waals surface area contributed by atoms with Crippen molar-refractivity contribution in [3.63, 3.8) is 0 Å². The fourth-order valence-electron chi connectivity index (χ4n) is 3.34. The van der Waals surface area contributed by atoms with Gasteiger partial charge in [0.05, 0.1) is 0 Å². The summed E-state index contributed by atoms with van der Waals surface area (Å²) in [4.78, 5) is 0. The summed E-state index contributed by atoms with van der Waals surface area (Å²) in [6.07, 6.45) is 13.5. The van der Waals surface area contributed by atoms with Crippen LogP contribution in [0.5, 0.6) is 0 Å². The van der Waals surface area contributed by atoms with E-state index in [1.54, 1.807) is 0 Å². The molecule has 0 radical (unpaired) electrons. The summed E-state index contributed by atoms with van der Waals surface area (Å²) in [5.41, 5.74) is 8.08. The van der Waals surface area contributed by atoms with Gasteiger partial charge in [0.15, 0.2) is 0 Å². The van der Waals surface area contributed by atoms with Crippen LogP contribution in [0.3, 0.4) is 0 Å². The van der Waals surface area contributed by atoms with Crippen molar-refractivity contribution in [1.82, 2.24) is 0 Å². The molecule has 1 aliphatic carbocycles. The van der Waals surface area contributed by atoms with Crippen LogP contribution < -0.4 is 5.73 Å². The lowest BCUT2D eigenvalue weighted by atomic mass is 9.64. The topological polar surface area (TPSA) is 26.0 Å². The third kappa shape index (κ3) is 2.60. The third-order valence-corrected chi connectivity index (χ3v) is 4.40. The summed E-state index contributed by atoms with van der Waals surface area (Å²) >= 11 is 0. The van der Waals surface area contributed by atoms with E-state index in [9.17, 15) is 0 Å². The molecule has 1 atom stereocenters. The van der Waals surface area contributed by atoms with Crippen molar-refractivity contribution >= 4 is 0 Å². The van der Waals surface area contributed by atoms with E-state index >= 15 is 0 Å². The van der Waals surface area contributed by atoms with Gasteiger partial charge in [-0.2, -0.15) is 0 Å². The summed E-state index contributed by atoms with van der Waals surface area (Å²) in [5, 5.41) is 0. The first-order valence-electron chi connectivity index (χ1n) is 7.04. The molecular weight excluding hydrogens is 218 g/mol. The highest BCUT2D eigenvalue weighted by molar-refractivity contribution is 5.28. The quantitative estimate of drug-likeness (QED) is 0.800. The largest absolute Gasteiger partial charge is 0.327 e. The lowest BCUT2D eigenvalue weighted by molar-refractivity contribution is 0.235. The molecule has 0 bridgehead atoms. The van der Waals surface area contributed by atoms with E-state index in [1.165, 1.54) is 37.7 Å². The molecule has 0 saturated heterocycles. The molecule has 1 fully saturated rings. The van der Waals surface area contributed by atoms with E-state index < -0.39 is 0 Å². The van der Waals surface area contributed by atoms with Gasteiger partial charge in [-0.15, -0.1) is 12.3 Å². The first-order valence-corrected chi connectivity index (χ1v) is 7.04. The summed E-state index contributed by atoms with van der Waals surface area (Å²) in [6, 6.07) is 11.0. The predicted octanol–water partition coefficient (Wildman–Crippen LogP) is 3.63. The summed E-state index contributed by atoms with van der Waals surface area (Å²) in [6.45, 7) is 0. The van der Waals surface area contributed by atoms with Crippen molar-refractivity contribution in [2.45, 2.75) is 56.4 Å². The van der Waals surface area contributed by atoms with Gasteiger partial charge >= 0.3 is 0 Å². The molecule has 0 amide bonds. The van der Waals surface area contributed by atoms with Crippen molar-refractivity contribution in [3.05, 3.63) is 35.9 Å². The van der Waals surface area contributed by atoms with Gasteiger partial charge in [0, 0.05) is 17.9 Å². The first-order chi connectivity index (χ1) is 8.79. The Morgan fingerprint density at radius 2 is 1.83 bits per heavy atom. The standard InChI is InChI=1S/C17H23N/c1-2-3-12-16(18)17(13-8-5-9-14-17)15-10-6-4-7-11-15/h1,4,6-7,10-11,16H,3,5,8-9,12-14,18H2. The monoisotopic (exact) mass is 241 g/mol. The molecule has 18 heavy (non-hydrogen) atoms. The van der Waals surface area contributed by atoms with Crippen LogP contribution >= 0.6 is 0 Å². The lowest BCUT2D eigenvalue weighted by Crippen LogP contribution is -2.46. The van der Waals surface area contributed by atoms with Crippen LogP contribution in [-0.4, -0.2) is 6.04 Å². The molecular formula is C17H23N. The zero-order valence-corrected chi connectivity index (χ0v) is 11.1. The Morgan fingerprint density at radius 1 is 1.17 bits per heavy atom. The minimum atomic E-state index is 0.163. The van der Waals surface area contributed by atoms with Gasteiger partial charge in [0.2, 0.25) is 0 Å². The first kappa shape index (κ1) is 13.2. The zero-order valence-electron chi connectivity index (χ0n) is 11.1. The van der Waals surface area contributed by atoms with Crippen LogP contribution in [0.2, 0.25) is 0 Å². The van der Waals surface area contributed by atoms with Gasteiger partial charge in [-0.3, -0.25) is 0 Å². The van der Waals surface area contributed by atoms with Crippen molar-refractivity contribution in [2.75, 3.05) is 0 Å². The van der Waals surface area contributed by atoms with Crippen molar-refractivity contribution in [3.8, 4) is 12.3 Å². The second-order valence-electron chi connectivity index (χ2n) is 5.43. The molecule has 0 heterocycles. The second kappa shape index (κ2) is 6.07. The molecule has 1 unspecified atom stereocenters. The molecule has 0 aromatic heterocycles. The Bertz CT molecular complexity index is 395. The van der Waals surface area contributed by atoms with Gasteiger partial charge in [-0.1, -0.05) is 49.6 Å². The fraction of sp³-hybridized carbons (Fsp3) is 0.529. The minimum Gasteiger partial charge on any atom is -0.327 e. The number of hydrogen-bond acceptors (Lipinski definition) is 1. The van der Waals surface area contributed by atoms with Crippen LogP contribution in [0.1, 0.15) is 50.5 Å². The number of rotatable bonds is 4. The molecule has 2 N–H and O–H groups in total. The summed E-state index contributed by atoms with van der Waals surface area (Å²) < 4.78 is 0. The Hall–Kier alpha value is -1.26.